The lowest BCUT2D eigenvalue weighted by Crippen LogP contribution is -2.74. The number of benzene rings is 4. The highest BCUT2D eigenvalue weighted by atomic mass is 15.2. The van der Waals surface area contributed by atoms with Crippen molar-refractivity contribution in [3.05, 3.63) is 185 Å². The molecule has 3 nitrogen and oxygen atoms in total. The van der Waals surface area contributed by atoms with E-state index in [2.05, 4.69) is 193 Å². The molecule has 9 rings (SSSR count). The minimum absolute atomic E-state index is 0.0170. The maximum atomic E-state index is 2.70. The van der Waals surface area contributed by atoms with Crippen molar-refractivity contribution >= 4 is 0 Å². The van der Waals surface area contributed by atoms with Gasteiger partial charge in [0, 0.05) is 60.9 Å². The van der Waals surface area contributed by atoms with Crippen molar-refractivity contribution in [3.8, 4) is 44.9 Å². The van der Waals surface area contributed by atoms with Crippen molar-refractivity contribution in [2.75, 3.05) is 0 Å². The first-order valence-electron chi connectivity index (χ1n) is 17.9. The van der Waals surface area contributed by atoms with E-state index in [4.69, 9.17) is 0 Å². The molecule has 50 heavy (non-hydrogen) atoms. The van der Waals surface area contributed by atoms with Gasteiger partial charge in [-0.15, -0.1) is 0 Å². The SMILES string of the molecule is CCc1cc2[n+](cc1-c1ccccc1)CC(C1c3ccccc3-c3cccc(C)[n+]31)([n+]1c(C)cccc1-c1ccccc1C)c1ccccc1-2. The Hall–Kier alpha value is -5.67. The molecule has 0 saturated carbocycles. The van der Waals surface area contributed by atoms with E-state index in [0.717, 1.165) is 13.0 Å². The first-order chi connectivity index (χ1) is 24.5. The maximum Gasteiger partial charge on any atom is 0.318 e. The normalized spacial score (nSPS) is 17.1. The van der Waals surface area contributed by atoms with Crippen LogP contribution < -0.4 is 13.7 Å². The van der Waals surface area contributed by atoms with Crippen molar-refractivity contribution in [1.29, 1.82) is 0 Å². The molecule has 0 fully saturated rings. The van der Waals surface area contributed by atoms with E-state index in [1.807, 2.05) is 0 Å². The molecule has 0 amide bonds. The first kappa shape index (κ1) is 30.4. The van der Waals surface area contributed by atoms with Gasteiger partial charge in [0.25, 0.3) is 6.04 Å². The zero-order valence-corrected chi connectivity index (χ0v) is 29.3. The fourth-order valence-corrected chi connectivity index (χ4v) is 9.13. The molecule has 2 aliphatic heterocycles. The summed E-state index contributed by atoms with van der Waals surface area (Å²) in [4.78, 5) is 0. The predicted octanol–water partition coefficient (Wildman–Crippen LogP) is 9.06. The molecule has 5 heterocycles. The van der Waals surface area contributed by atoms with E-state index >= 15 is 0 Å². The fraction of sp³-hybridized carbons (Fsp3) is 0.170. The van der Waals surface area contributed by atoms with Crippen molar-refractivity contribution in [2.24, 2.45) is 0 Å². The van der Waals surface area contributed by atoms with Gasteiger partial charge in [-0.05, 0) is 60.4 Å². The minimum atomic E-state index is -0.545. The van der Waals surface area contributed by atoms with E-state index in [9.17, 15) is 0 Å². The van der Waals surface area contributed by atoms with Crippen LogP contribution in [0.5, 0.6) is 0 Å². The van der Waals surface area contributed by atoms with Gasteiger partial charge in [-0.1, -0.05) is 91.9 Å². The lowest BCUT2D eigenvalue weighted by atomic mass is 9.73. The number of nitrogens with zero attached hydrogens (tertiary/aromatic N) is 3. The summed E-state index contributed by atoms with van der Waals surface area (Å²) in [6, 6.07) is 54.2. The van der Waals surface area contributed by atoms with Gasteiger partial charge in [0.1, 0.15) is 0 Å². The summed E-state index contributed by atoms with van der Waals surface area (Å²) in [6.07, 6.45) is 3.42. The van der Waals surface area contributed by atoms with Crippen LogP contribution in [0.3, 0.4) is 0 Å². The van der Waals surface area contributed by atoms with E-state index < -0.39 is 5.54 Å². The number of rotatable bonds is 5. The highest BCUT2D eigenvalue weighted by molar-refractivity contribution is 5.72. The number of pyridine rings is 3. The Bertz CT molecular complexity index is 2440. The van der Waals surface area contributed by atoms with Crippen LogP contribution in [0.25, 0.3) is 44.9 Å². The Morgan fingerprint density at radius 1 is 0.580 bits per heavy atom. The Balaban J connectivity index is 1.45. The third-order valence-electron chi connectivity index (χ3n) is 11.3. The van der Waals surface area contributed by atoms with E-state index in [1.165, 1.54) is 78.5 Å². The smallest absolute Gasteiger partial charge is 0.190 e. The fourth-order valence-electron chi connectivity index (χ4n) is 9.13. The van der Waals surface area contributed by atoms with Crippen LogP contribution in [-0.2, 0) is 18.5 Å². The Labute approximate surface area is 295 Å². The summed E-state index contributed by atoms with van der Waals surface area (Å²) in [6.45, 7) is 9.85. The van der Waals surface area contributed by atoms with Gasteiger partial charge in [0.15, 0.2) is 17.6 Å². The standard InChI is InChI=1S/C47H42N3/c1-5-35-29-45-40-25-13-14-26-42(40)47(31-48(45)30-41(35)36-20-7-6-8-21-36,50-34(4)19-16-28-44(50)37-22-10-9-17-32(37)2)46-39-24-12-11-23-38(39)43-27-15-18-33(3)49(43)46/h6-30,46H,5,31H2,1-4H3/q+3. The molecule has 2 unspecified atom stereocenters. The highest BCUT2D eigenvalue weighted by Crippen LogP contribution is 2.49. The molecular weight excluding hydrogens is 607 g/mol. The molecule has 0 aliphatic carbocycles. The van der Waals surface area contributed by atoms with E-state index in [-0.39, 0.29) is 6.04 Å². The van der Waals surface area contributed by atoms with Crippen LogP contribution in [0, 0.1) is 20.8 Å². The van der Waals surface area contributed by atoms with Crippen LogP contribution in [0.4, 0.5) is 0 Å². The summed E-state index contributed by atoms with van der Waals surface area (Å²) >= 11 is 0. The molecule has 7 aromatic rings. The third kappa shape index (κ3) is 4.39. The van der Waals surface area contributed by atoms with Crippen molar-refractivity contribution < 1.29 is 13.7 Å². The van der Waals surface area contributed by atoms with Gasteiger partial charge in [-0.2, -0.15) is 13.7 Å². The molecule has 3 heteroatoms. The molecule has 4 aromatic carbocycles. The Morgan fingerprint density at radius 2 is 1.24 bits per heavy atom. The van der Waals surface area contributed by atoms with Gasteiger partial charge in [-0.25, -0.2) is 0 Å². The number of hydrogen-bond acceptors (Lipinski definition) is 0. The van der Waals surface area contributed by atoms with Gasteiger partial charge in [0.2, 0.25) is 23.6 Å². The zero-order valence-electron chi connectivity index (χ0n) is 29.3. The van der Waals surface area contributed by atoms with Crippen LogP contribution >= 0.6 is 0 Å². The maximum absolute atomic E-state index is 2.70. The Morgan fingerprint density at radius 3 is 2.02 bits per heavy atom. The summed E-state index contributed by atoms with van der Waals surface area (Å²) in [5.41, 5.74) is 17.5. The van der Waals surface area contributed by atoms with Crippen molar-refractivity contribution in [2.45, 2.75) is 52.2 Å². The number of aryl methyl sites for hydroxylation is 4. The van der Waals surface area contributed by atoms with Crippen LogP contribution in [0.1, 0.15) is 46.6 Å². The van der Waals surface area contributed by atoms with Crippen molar-refractivity contribution in [3.63, 3.8) is 0 Å². The molecule has 0 bridgehead atoms. The molecule has 0 saturated heterocycles. The topological polar surface area (TPSA) is 11.6 Å². The minimum Gasteiger partial charge on any atom is -0.190 e. The third-order valence-corrected chi connectivity index (χ3v) is 11.3. The monoisotopic (exact) mass is 648 g/mol. The molecule has 2 aliphatic rings. The molecule has 0 N–H and O–H groups in total. The quantitative estimate of drug-likeness (QED) is 0.165. The molecular formula is C47H42N3+3. The van der Waals surface area contributed by atoms with Gasteiger partial charge in [-0.3, -0.25) is 0 Å². The highest BCUT2D eigenvalue weighted by Gasteiger charge is 2.67. The van der Waals surface area contributed by atoms with Gasteiger partial charge in [0.05, 0.1) is 16.7 Å². The molecule has 0 radical (unpaired) electrons. The summed E-state index contributed by atoms with van der Waals surface area (Å²) in [5, 5.41) is 0. The largest absolute Gasteiger partial charge is 0.318 e. The second-order valence-corrected chi connectivity index (χ2v) is 14.0. The first-order valence-corrected chi connectivity index (χ1v) is 17.9. The number of aromatic nitrogens is 3. The second-order valence-electron chi connectivity index (χ2n) is 14.0. The molecule has 242 valence electrons. The lowest BCUT2D eigenvalue weighted by Gasteiger charge is -2.35. The number of hydrogen-bond donors (Lipinski definition) is 0. The summed E-state index contributed by atoms with van der Waals surface area (Å²) in [5.74, 6) is 0. The predicted molar refractivity (Wildman–Crippen MR) is 200 cm³/mol. The molecule has 3 aromatic heterocycles. The van der Waals surface area contributed by atoms with Gasteiger partial charge >= 0.3 is 5.54 Å². The summed E-state index contributed by atoms with van der Waals surface area (Å²) < 4.78 is 7.91. The Kier molecular flexibility index (Phi) is 7.13. The van der Waals surface area contributed by atoms with Crippen molar-refractivity contribution in [1.82, 2.24) is 0 Å². The van der Waals surface area contributed by atoms with Crippen LogP contribution in [-0.4, -0.2) is 0 Å². The van der Waals surface area contributed by atoms with E-state index in [0.29, 0.717) is 0 Å². The average molecular weight is 649 g/mol. The molecule has 2 atom stereocenters. The average Bonchev–Trinajstić information content (AvgIpc) is 3.50. The summed E-state index contributed by atoms with van der Waals surface area (Å²) in [7, 11) is 0. The number of fused-ring (bicyclic) bond motifs is 6. The van der Waals surface area contributed by atoms with Crippen LogP contribution in [0.15, 0.2) is 152 Å². The van der Waals surface area contributed by atoms with Gasteiger partial charge < -0.3 is 0 Å². The van der Waals surface area contributed by atoms with E-state index in [1.54, 1.807) is 0 Å². The van der Waals surface area contributed by atoms with Crippen LogP contribution in [0.2, 0.25) is 0 Å². The molecule has 0 spiro atoms. The zero-order chi connectivity index (χ0) is 34.0. The second kappa shape index (κ2) is 11.7. The lowest BCUT2D eigenvalue weighted by molar-refractivity contribution is -0.869.